The summed E-state index contributed by atoms with van der Waals surface area (Å²) in [6.45, 7) is 9.23. The van der Waals surface area contributed by atoms with E-state index in [9.17, 15) is 4.79 Å². The maximum Gasteiger partial charge on any atom is 0.229 e. The summed E-state index contributed by atoms with van der Waals surface area (Å²) in [7, 11) is 0. The van der Waals surface area contributed by atoms with Gasteiger partial charge in [-0.25, -0.2) is 4.98 Å². The van der Waals surface area contributed by atoms with Crippen molar-refractivity contribution < 1.29 is 4.79 Å². The van der Waals surface area contributed by atoms with Gasteiger partial charge in [0.05, 0.1) is 16.1 Å². The largest absolute Gasteiger partial charge is 0.368 e. The Morgan fingerprint density at radius 3 is 2.48 bits per heavy atom. The third-order valence-corrected chi connectivity index (χ3v) is 7.07. The van der Waals surface area contributed by atoms with Crippen LogP contribution in [0.5, 0.6) is 0 Å². The molecule has 1 aromatic heterocycles. The number of amides is 1. The number of aryl methyl sites for hydroxylation is 2. The minimum Gasteiger partial charge on any atom is -0.368 e. The van der Waals surface area contributed by atoms with Gasteiger partial charge < -0.3 is 14.7 Å². The quantitative estimate of drug-likeness (QED) is 0.665. The maximum atomic E-state index is 12.9. The van der Waals surface area contributed by atoms with E-state index in [-0.39, 0.29) is 5.92 Å². The number of nitrogens with zero attached hydrogens (tertiary/aromatic N) is 4. The number of fused-ring (bicyclic) bond motifs is 1. The molecule has 1 amide bonds. The number of piperazine rings is 1. The first-order valence-electron chi connectivity index (χ1n) is 10.3. The van der Waals surface area contributed by atoms with Crippen molar-refractivity contribution in [2.75, 3.05) is 49.1 Å². The summed E-state index contributed by atoms with van der Waals surface area (Å²) in [5, 5.41) is 1.04. The van der Waals surface area contributed by atoms with Gasteiger partial charge in [0.25, 0.3) is 0 Å². The Morgan fingerprint density at radius 2 is 1.72 bits per heavy atom. The first-order valence-corrected chi connectivity index (χ1v) is 11.1. The SMILES string of the molecule is Cc1cccc(N2CCN(C(=O)C3CN(c4nc5ccc(C)cc5s4)C3)CC2)c1. The van der Waals surface area contributed by atoms with Crippen molar-refractivity contribution in [2.24, 2.45) is 5.92 Å². The molecule has 3 heterocycles. The standard InChI is InChI=1S/C23H26N4OS/c1-16-4-3-5-19(12-16)25-8-10-26(11-9-25)22(28)18-14-27(15-18)23-24-20-7-6-17(2)13-21(20)29-23/h3-7,12-13,18H,8-11,14-15H2,1-2H3. The summed E-state index contributed by atoms with van der Waals surface area (Å²) < 4.78 is 1.22. The molecule has 2 aliphatic heterocycles. The lowest BCUT2D eigenvalue weighted by Crippen LogP contribution is -2.58. The third-order valence-electron chi connectivity index (χ3n) is 5.99. The molecule has 0 bridgehead atoms. The molecule has 5 nitrogen and oxygen atoms in total. The number of carbonyl (C=O) groups is 1. The van der Waals surface area contributed by atoms with E-state index >= 15 is 0 Å². The van der Waals surface area contributed by atoms with E-state index in [1.54, 1.807) is 11.3 Å². The van der Waals surface area contributed by atoms with Gasteiger partial charge in [0, 0.05) is 45.0 Å². The second-order valence-corrected chi connectivity index (χ2v) is 9.23. The van der Waals surface area contributed by atoms with Crippen molar-refractivity contribution in [3.63, 3.8) is 0 Å². The van der Waals surface area contributed by atoms with E-state index < -0.39 is 0 Å². The van der Waals surface area contributed by atoms with Gasteiger partial charge in [-0.2, -0.15) is 0 Å². The Bertz CT molecular complexity index is 1050. The second kappa shape index (κ2) is 7.34. The number of aromatic nitrogens is 1. The zero-order valence-corrected chi connectivity index (χ0v) is 17.8. The average molecular weight is 407 g/mol. The highest BCUT2D eigenvalue weighted by Crippen LogP contribution is 2.34. The zero-order chi connectivity index (χ0) is 20.0. The van der Waals surface area contributed by atoms with Crippen molar-refractivity contribution in [1.82, 2.24) is 9.88 Å². The number of benzene rings is 2. The van der Waals surface area contributed by atoms with Gasteiger partial charge in [0.1, 0.15) is 0 Å². The molecule has 2 fully saturated rings. The third kappa shape index (κ3) is 3.57. The Kier molecular flexibility index (Phi) is 4.66. The van der Waals surface area contributed by atoms with E-state index in [2.05, 4.69) is 71.0 Å². The Balaban J connectivity index is 1.17. The molecule has 0 atom stereocenters. The van der Waals surface area contributed by atoms with Gasteiger partial charge in [-0.3, -0.25) is 4.79 Å². The fraction of sp³-hybridized carbons (Fsp3) is 0.391. The fourth-order valence-electron chi connectivity index (χ4n) is 4.21. The molecule has 2 aliphatic rings. The van der Waals surface area contributed by atoms with Gasteiger partial charge in [-0.15, -0.1) is 0 Å². The van der Waals surface area contributed by atoms with Crippen LogP contribution < -0.4 is 9.80 Å². The number of hydrogen-bond acceptors (Lipinski definition) is 5. The van der Waals surface area contributed by atoms with E-state index in [0.29, 0.717) is 5.91 Å². The monoisotopic (exact) mass is 406 g/mol. The molecule has 2 saturated heterocycles. The maximum absolute atomic E-state index is 12.9. The molecular formula is C23H26N4OS. The molecular weight excluding hydrogens is 380 g/mol. The minimum absolute atomic E-state index is 0.106. The molecule has 0 unspecified atom stereocenters. The van der Waals surface area contributed by atoms with Gasteiger partial charge >= 0.3 is 0 Å². The number of rotatable bonds is 3. The van der Waals surface area contributed by atoms with Crippen LogP contribution in [-0.2, 0) is 4.79 Å². The van der Waals surface area contributed by atoms with Crippen molar-refractivity contribution in [1.29, 1.82) is 0 Å². The van der Waals surface area contributed by atoms with Crippen LogP contribution in [0.3, 0.4) is 0 Å². The molecule has 0 spiro atoms. The number of anilines is 2. The molecule has 6 heteroatoms. The lowest BCUT2D eigenvalue weighted by molar-refractivity contribution is -0.136. The second-order valence-electron chi connectivity index (χ2n) is 8.22. The van der Waals surface area contributed by atoms with Gasteiger partial charge in [-0.1, -0.05) is 29.5 Å². The normalized spacial score (nSPS) is 17.7. The lowest BCUT2D eigenvalue weighted by atomic mass is 9.99. The first-order chi connectivity index (χ1) is 14.1. The van der Waals surface area contributed by atoms with Crippen LogP contribution in [0.2, 0.25) is 0 Å². The predicted molar refractivity (Wildman–Crippen MR) is 120 cm³/mol. The summed E-state index contributed by atoms with van der Waals surface area (Å²) in [4.78, 5) is 24.4. The van der Waals surface area contributed by atoms with Crippen LogP contribution in [-0.4, -0.2) is 55.1 Å². The van der Waals surface area contributed by atoms with Crippen LogP contribution in [0.15, 0.2) is 42.5 Å². The number of hydrogen-bond donors (Lipinski definition) is 0. The topological polar surface area (TPSA) is 39.7 Å². The van der Waals surface area contributed by atoms with Crippen LogP contribution >= 0.6 is 11.3 Å². The van der Waals surface area contributed by atoms with Crippen LogP contribution in [0.1, 0.15) is 11.1 Å². The number of carbonyl (C=O) groups excluding carboxylic acids is 1. The van der Waals surface area contributed by atoms with E-state index in [0.717, 1.165) is 49.9 Å². The molecule has 0 saturated carbocycles. The van der Waals surface area contributed by atoms with Crippen molar-refractivity contribution >= 4 is 38.3 Å². The van der Waals surface area contributed by atoms with Gasteiger partial charge in [-0.05, 0) is 49.2 Å². The first kappa shape index (κ1) is 18.4. The average Bonchev–Trinajstić information content (AvgIpc) is 3.09. The highest BCUT2D eigenvalue weighted by Gasteiger charge is 2.37. The summed E-state index contributed by atoms with van der Waals surface area (Å²) in [6.07, 6.45) is 0. The minimum atomic E-state index is 0.106. The smallest absolute Gasteiger partial charge is 0.229 e. The zero-order valence-electron chi connectivity index (χ0n) is 17.0. The molecule has 0 aliphatic carbocycles. The molecule has 0 N–H and O–H groups in total. The number of thiazole rings is 1. The lowest BCUT2D eigenvalue weighted by Gasteiger charge is -2.43. The van der Waals surface area contributed by atoms with E-state index in [1.807, 2.05) is 0 Å². The fourth-order valence-corrected chi connectivity index (χ4v) is 5.30. The van der Waals surface area contributed by atoms with Crippen LogP contribution in [0, 0.1) is 19.8 Å². The Morgan fingerprint density at radius 1 is 0.966 bits per heavy atom. The van der Waals surface area contributed by atoms with Crippen molar-refractivity contribution in [3.8, 4) is 0 Å². The molecule has 29 heavy (non-hydrogen) atoms. The molecule has 150 valence electrons. The molecule has 5 rings (SSSR count). The molecule has 3 aromatic rings. The predicted octanol–water partition coefficient (Wildman–Crippen LogP) is 3.70. The summed E-state index contributed by atoms with van der Waals surface area (Å²) >= 11 is 1.73. The summed E-state index contributed by atoms with van der Waals surface area (Å²) in [5.41, 5.74) is 4.85. The van der Waals surface area contributed by atoms with Crippen LogP contribution in [0.25, 0.3) is 10.2 Å². The Hall–Kier alpha value is -2.60. The van der Waals surface area contributed by atoms with Crippen molar-refractivity contribution in [3.05, 3.63) is 53.6 Å². The highest BCUT2D eigenvalue weighted by molar-refractivity contribution is 7.22. The van der Waals surface area contributed by atoms with Gasteiger partial charge in [0.2, 0.25) is 5.91 Å². The van der Waals surface area contributed by atoms with Gasteiger partial charge in [0.15, 0.2) is 5.13 Å². The Labute approximate surface area is 175 Å². The summed E-state index contributed by atoms with van der Waals surface area (Å²) in [6, 6.07) is 15.0. The summed E-state index contributed by atoms with van der Waals surface area (Å²) in [5.74, 6) is 0.413. The molecule has 2 aromatic carbocycles. The van der Waals surface area contributed by atoms with E-state index in [4.69, 9.17) is 4.98 Å². The highest BCUT2D eigenvalue weighted by atomic mass is 32.1. The van der Waals surface area contributed by atoms with E-state index in [1.165, 1.54) is 21.5 Å². The molecule has 0 radical (unpaired) electrons. The van der Waals surface area contributed by atoms with Crippen molar-refractivity contribution in [2.45, 2.75) is 13.8 Å². The van der Waals surface area contributed by atoms with Crippen LogP contribution in [0.4, 0.5) is 10.8 Å².